The lowest BCUT2D eigenvalue weighted by Crippen LogP contribution is -2.37. The van der Waals surface area contributed by atoms with E-state index in [1.54, 1.807) is 0 Å². The van der Waals surface area contributed by atoms with Crippen LogP contribution >= 0.6 is 7.26 Å². The molecule has 200 valence electrons. The molecule has 0 amide bonds. The molecule has 0 aliphatic rings. The average Bonchev–Trinajstić information content (AvgIpc) is 2.82. The number of carbonyl (C=O) groups excluding carboxylic acids is 2. The highest BCUT2D eigenvalue weighted by Gasteiger charge is 2.45. The molecule has 35 heavy (non-hydrogen) atoms. The van der Waals surface area contributed by atoms with Crippen molar-refractivity contribution in [2.45, 2.75) is 78.8 Å². The third-order valence-electron chi connectivity index (χ3n) is 5.92. The van der Waals surface area contributed by atoms with Crippen molar-refractivity contribution in [1.82, 2.24) is 0 Å². The molecule has 1 aromatic rings. The molecule has 0 saturated heterocycles. The van der Waals surface area contributed by atoms with Crippen molar-refractivity contribution in [3.8, 4) is 0 Å². The van der Waals surface area contributed by atoms with Crippen LogP contribution in [-0.4, -0.2) is 43.2 Å². The van der Waals surface area contributed by atoms with E-state index >= 15 is 0 Å². The number of hydrogen-bond donors (Lipinski definition) is 0. The summed E-state index contributed by atoms with van der Waals surface area (Å²) >= 11 is 0. The van der Waals surface area contributed by atoms with E-state index in [2.05, 4.69) is 39.5 Å². The third-order valence-corrected chi connectivity index (χ3v) is 11.0. The molecule has 1 aromatic carbocycles. The molecule has 0 spiro atoms. The maximum absolute atomic E-state index is 13.0. The summed E-state index contributed by atoms with van der Waals surface area (Å²) in [5.74, 6) is -3.29. The van der Waals surface area contributed by atoms with Crippen molar-refractivity contribution in [2.75, 3.05) is 25.1 Å². The largest absolute Gasteiger partial charge is 0.542 e. The zero-order chi connectivity index (χ0) is 26.9. The highest BCUT2D eigenvalue weighted by molar-refractivity contribution is 7.79. The maximum Gasteiger partial charge on any atom is 0.430 e. The molecule has 0 N–H and O–H groups in total. The Labute approximate surface area is 209 Å². The fraction of sp³-hybridized carbons (Fsp3) is 0.630. The van der Waals surface area contributed by atoms with Crippen LogP contribution in [0.25, 0.3) is 0 Å². The first-order valence-corrected chi connectivity index (χ1v) is 14.9. The van der Waals surface area contributed by atoms with Crippen LogP contribution in [-0.2, 0) is 20.7 Å². The van der Waals surface area contributed by atoms with Crippen LogP contribution in [0.1, 0.15) is 71.8 Å². The standard InChI is InChI=1S/C25H42O2P.C2HF3O2/c1-6-10-18-28(19-11-7-2,20-12-8-3)22(5)24(25(26)27-9-4)21-23-16-14-13-15-17-23;3-2(4,5)1(6)7/h13-17,24H,5-12,18-21H2,1-4H3;(H,6,7)/q+1;/p-1. The average molecular weight is 519 g/mol. The minimum absolute atomic E-state index is 0.0785. The van der Waals surface area contributed by atoms with Crippen molar-refractivity contribution >= 4 is 19.2 Å². The summed E-state index contributed by atoms with van der Waals surface area (Å²) in [7, 11) is -1.40. The summed E-state index contributed by atoms with van der Waals surface area (Å²) in [5, 5.41) is 10.0. The molecule has 1 atom stereocenters. The Morgan fingerprint density at radius 2 is 1.37 bits per heavy atom. The Kier molecular flexibility index (Phi) is 16.6. The van der Waals surface area contributed by atoms with Gasteiger partial charge in [-0.05, 0) is 38.2 Å². The fourth-order valence-corrected chi connectivity index (χ4v) is 9.06. The van der Waals surface area contributed by atoms with Crippen molar-refractivity contribution in [3.63, 3.8) is 0 Å². The number of rotatable bonds is 15. The number of aliphatic carboxylic acids is 1. The molecule has 8 heteroatoms. The van der Waals surface area contributed by atoms with Crippen LogP contribution in [0.15, 0.2) is 42.2 Å². The van der Waals surface area contributed by atoms with Crippen molar-refractivity contribution in [2.24, 2.45) is 5.92 Å². The number of esters is 1. The quantitative estimate of drug-likeness (QED) is 0.193. The molecule has 0 radical (unpaired) electrons. The number of hydrogen-bond acceptors (Lipinski definition) is 4. The predicted octanol–water partition coefficient (Wildman–Crippen LogP) is 6.64. The minimum atomic E-state index is -5.19. The number of benzene rings is 1. The fourth-order valence-electron chi connectivity index (χ4n) is 3.91. The van der Waals surface area contributed by atoms with Gasteiger partial charge in [0.15, 0.2) is 0 Å². The molecule has 0 fully saturated rings. The second kappa shape index (κ2) is 17.5. The summed E-state index contributed by atoms with van der Waals surface area (Å²) in [4.78, 5) is 21.8. The van der Waals surface area contributed by atoms with Gasteiger partial charge in [-0.15, -0.1) is 0 Å². The highest BCUT2D eigenvalue weighted by Crippen LogP contribution is 2.69. The Morgan fingerprint density at radius 3 is 1.71 bits per heavy atom. The molecule has 1 rings (SSSR count). The van der Waals surface area contributed by atoms with Gasteiger partial charge in [0.2, 0.25) is 0 Å². The van der Waals surface area contributed by atoms with Gasteiger partial charge >= 0.3 is 12.1 Å². The molecular formula is C27H42F3O4P. The van der Waals surface area contributed by atoms with Crippen molar-refractivity contribution < 1.29 is 32.6 Å². The van der Waals surface area contributed by atoms with Crippen LogP contribution in [0.4, 0.5) is 13.2 Å². The summed E-state index contributed by atoms with van der Waals surface area (Å²) in [6.45, 7) is 13.8. The molecule has 4 nitrogen and oxygen atoms in total. The molecule has 0 saturated carbocycles. The van der Waals surface area contributed by atoms with Gasteiger partial charge in [0.1, 0.15) is 11.9 Å². The molecule has 0 aliphatic carbocycles. The predicted molar refractivity (Wildman–Crippen MR) is 137 cm³/mol. The molecular weight excluding hydrogens is 476 g/mol. The topological polar surface area (TPSA) is 66.4 Å². The smallest absolute Gasteiger partial charge is 0.430 e. The second-order valence-electron chi connectivity index (χ2n) is 8.65. The number of alkyl halides is 3. The zero-order valence-corrected chi connectivity index (χ0v) is 22.6. The first kappa shape index (κ1) is 33.1. The molecule has 0 heterocycles. The third kappa shape index (κ3) is 12.6. The van der Waals surface area contributed by atoms with Crippen LogP contribution < -0.4 is 5.11 Å². The molecule has 0 aliphatic heterocycles. The Hall–Kier alpha value is -1.88. The number of carbonyl (C=O) groups is 2. The highest BCUT2D eigenvalue weighted by atomic mass is 31.2. The number of unbranched alkanes of at least 4 members (excludes halogenated alkanes) is 3. The van der Waals surface area contributed by atoms with E-state index in [1.807, 2.05) is 25.1 Å². The Morgan fingerprint density at radius 1 is 0.943 bits per heavy atom. The summed E-state index contributed by atoms with van der Waals surface area (Å²) < 4.78 is 37.1. The number of halogens is 3. The van der Waals surface area contributed by atoms with E-state index in [1.165, 1.54) is 67.9 Å². The van der Waals surface area contributed by atoms with E-state index in [0.29, 0.717) is 13.0 Å². The van der Waals surface area contributed by atoms with Gasteiger partial charge in [0.05, 0.1) is 30.4 Å². The van der Waals surface area contributed by atoms with Gasteiger partial charge in [0, 0.05) is 7.26 Å². The van der Waals surface area contributed by atoms with Gasteiger partial charge in [-0.3, -0.25) is 4.79 Å². The Bertz CT molecular complexity index is 729. The second-order valence-corrected chi connectivity index (χ2v) is 12.9. The van der Waals surface area contributed by atoms with Crippen LogP contribution in [0.5, 0.6) is 0 Å². The number of ether oxygens (including phenoxy) is 1. The first-order valence-electron chi connectivity index (χ1n) is 12.5. The minimum Gasteiger partial charge on any atom is -0.542 e. The van der Waals surface area contributed by atoms with Gasteiger partial charge in [-0.2, -0.15) is 13.2 Å². The summed E-state index contributed by atoms with van der Waals surface area (Å²) in [5.41, 5.74) is 1.20. The van der Waals surface area contributed by atoms with Crippen LogP contribution in [0.2, 0.25) is 0 Å². The zero-order valence-electron chi connectivity index (χ0n) is 21.7. The number of carboxylic acids is 1. The van der Waals surface area contributed by atoms with Crippen LogP contribution in [0.3, 0.4) is 0 Å². The molecule has 1 unspecified atom stereocenters. The van der Waals surface area contributed by atoms with Gasteiger partial charge in [0.25, 0.3) is 0 Å². The van der Waals surface area contributed by atoms with E-state index in [4.69, 9.17) is 14.6 Å². The number of carboxylic acid groups (broad SMARTS) is 1. The monoisotopic (exact) mass is 518 g/mol. The Balaban J connectivity index is 0.00000143. The van der Waals surface area contributed by atoms with Crippen molar-refractivity contribution in [1.29, 1.82) is 0 Å². The van der Waals surface area contributed by atoms with E-state index in [0.717, 1.165) is 0 Å². The van der Waals surface area contributed by atoms with E-state index < -0.39 is 19.4 Å². The van der Waals surface area contributed by atoms with Gasteiger partial charge in [-0.1, -0.05) is 76.9 Å². The normalized spacial score (nSPS) is 12.3. The molecule has 0 aromatic heterocycles. The summed E-state index contributed by atoms with van der Waals surface area (Å²) in [6.07, 6.45) is 6.57. The lowest BCUT2D eigenvalue weighted by atomic mass is 9.99. The SMILES string of the molecule is C=C(C(Cc1ccccc1)C(=O)OCC)[P+](CCCC)(CCCC)CCCC.O=C([O-])C(F)(F)F. The lowest BCUT2D eigenvalue weighted by molar-refractivity contribution is -0.344. The molecule has 0 bridgehead atoms. The lowest BCUT2D eigenvalue weighted by Gasteiger charge is -2.32. The summed E-state index contributed by atoms with van der Waals surface area (Å²) in [6, 6.07) is 10.4. The maximum atomic E-state index is 13.0. The van der Waals surface area contributed by atoms with E-state index in [9.17, 15) is 18.0 Å². The van der Waals surface area contributed by atoms with E-state index in [-0.39, 0.29) is 11.9 Å². The van der Waals surface area contributed by atoms with Crippen LogP contribution in [0, 0.1) is 5.92 Å². The van der Waals surface area contributed by atoms with Crippen molar-refractivity contribution in [3.05, 3.63) is 47.8 Å². The first-order chi connectivity index (χ1) is 16.5. The van der Waals surface area contributed by atoms with Gasteiger partial charge in [-0.25, -0.2) is 0 Å². The van der Waals surface area contributed by atoms with Gasteiger partial charge < -0.3 is 14.6 Å².